The summed E-state index contributed by atoms with van der Waals surface area (Å²) in [5.74, 6) is 1.45. The molecule has 12 rings (SSSR count). The van der Waals surface area contributed by atoms with Crippen LogP contribution >= 0.6 is 0 Å². The smallest absolute Gasteiger partial charge is 0.182 e. The summed E-state index contributed by atoms with van der Waals surface area (Å²) in [6.45, 7) is 0. The topological polar surface area (TPSA) is 35.6 Å². The molecule has 0 aliphatic carbocycles. The van der Waals surface area contributed by atoms with Gasteiger partial charge in [0, 0.05) is 27.6 Å². The normalized spacial score (nSPS) is 11.3. The maximum atomic E-state index is 5.27. The van der Waals surface area contributed by atoms with E-state index in [1.165, 1.54) is 44.1 Å². The van der Waals surface area contributed by atoms with Crippen LogP contribution in [0.1, 0.15) is 0 Å². The third kappa shape index (κ3) is 7.08. The average molecular weight is 843 g/mol. The second kappa shape index (κ2) is 16.7. The van der Waals surface area contributed by atoms with Crippen molar-refractivity contribution in [3.05, 3.63) is 255 Å². The van der Waals surface area contributed by atoms with Crippen molar-refractivity contribution in [2.24, 2.45) is 0 Å². The van der Waals surface area contributed by atoms with E-state index >= 15 is 0 Å². The predicted molar refractivity (Wildman–Crippen MR) is 274 cm³/mol. The van der Waals surface area contributed by atoms with Gasteiger partial charge in [-0.3, -0.25) is 0 Å². The zero-order valence-corrected chi connectivity index (χ0v) is 36.0. The molecule has 10 aromatic carbocycles. The fourth-order valence-corrected chi connectivity index (χ4v) is 9.45. The molecule has 0 fully saturated rings. The molecule has 0 saturated heterocycles. The standard InChI is InChI=1S/C62H42N4/c1-3-17-43(18-4-1)47-21-15-23-49(41-47)61-63-62(50-24-16-22-48(42-50)44-19-5-2-6-20-44)66(64-61)52-39-35-46(36-40-52)54-26-8-10-28-56(54)55-27-9-7-25-53(55)45-33-37-51(38-34-45)65-59-31-13-11-29-57(59)58-30-12-14-32-60(58)65/h1-42H. The molecule has 2 aromatic heterocycles. The minimum Gasteiger partial charge on any atom is -0.309 e. The summed E-state index contributed by atoms with van der Waals surface area (Å²) in [4.78, 5) is 5.27. The third-order valence-electron chi connectivity index (χ3n) is 12.6. The van der Waals surface area contributed by atoms with Gasteiger partial charge in [-0.1, -0.05) is 206 Å². The van der Waals surface area contributed by atoms with Crippen molar-refractivity contribution in [2.75, 3.05) is 0 Å². The molecule has 0 aliphatic rings. The lowest BCUT2D eigenvalue weighted by Crippen LogP contribution is -2.00. The Balaban J connectivity index is 0.912. The van der Waals surface area contributed by atoms with Gasteiger partial charge in [0.05, 0.1) is 16.7 Å². The number of hydrogen-bond donors (Lipinski definition) is 0. The van der Waals surface area contributed by atoms with Gasteiger partial charge in [-0.15, -0.1) is 5.10 Å². The molecule has 0 saturated carbocycles. The molecule has 0 N–H and O–H groups in total. The van der Waals surface area contributed by atoms with E-state index in [1.807, 2.05) is 16.8 Å². The van der Waals surface area contributed by atoms with Gasteiger partial charge in [0.1, 0.15) is 0 Å². The molecule has 0 radical (unpaired) electrons. The van der Waals surface area contributed by atoms with Crippen molar-refractivity contribution < 1.29 is 0 Å². The van der Waals surface area contributed by atoms with E-state index in [0.29, 0.717) is 5.82 Å². The van der Waals surface area contributed by atoms with Crippen LogP contribution in [-0.2, 0) is 0 Å². The molecule has 0 unspecified atom stereocenters. The van der Waals surface area contributed by atoms with Crippen molar-refractivity contribution >= 4 is 21.8 Å². The van der Waals surface area contributed by atoms with Gasteiger partial charge >= 0.3 is 0 Å². The first-order valence-electron chi connectivity index (χ1n) is 22.4. The summed E-state index contributed by atoms with van der Waals surface area (Å²) >= 11 is 0. The summed E-state index contributed by atoms with van der Waals surface area (Å²) in [5, 5.41) is 7.76. The van der Waals surface area contributed by atoms with Crippen LogP contribution in [0, 0.1) is 0 Å². The predicted octanol–water partition coefficient (Wildman–Crippen LogP) is 16.0. The average Bonchev–Trinajstić information content (AvgIpc) is 4.00. The molecular weight excluding hydrogens is 801 g/mol. The largest absolute Gasteiger partial charge is 0.309 e. The van der Waals surface area contributed by atoms with E-state index in [-0.39, 0.29) is 0 Å². The molecule has 4 heteroatoms. The number of para-hydroxylation sites is 2. The number of benzene rings is 10. The third-order valence-corrected chi connectivity index (χ3v) is 12.6. The van der Waals surface area contributed by atoms with Crippen molar-refractivity contribution in [1.82, 2.24) is 19.3 Å². The van der Waals surface area contributed by atoms with Crippen molar-refractivity contribution in [3.63, 3.8) is 0 Å². The SMILES string of the molecule is c1ccc(-c2cccc(-c3nc(-c4cccc(-c5ccccc5)c4)n(-c4ccc(-c5ccccc5-c5ccccc5-c5ccc(-n6c7ccccc7c7ccccc76)cc5)cc4)n3)c2)cc1. The fourth-order valence-electron chi connectivity index (χ4n) is 9.45. The Kier molecular flexibility index (Phi) is 9.81. The van der Waals surface area contributed by atoms with Gasteiger partial charge in [0.25, 0.3) is 0 Å². The molecule has 12 aromatic rings. The first-order chi connectivity index (χ1) is 32.7. The van der Waals surface area contributed by atoms with Crippen LogP contribution in [0.5, 0.6) is 0 Å². The molecule has 310 valence electrons. The molecule has 0 spiro atoms. The van der Waals surface area contributed by atoms with Gasteiger partial charge in [-0.25, -0.2) is 9.67 Å². The summed E-state index contributed by atoms with van der Waals surface area (Å²) in [5.41, 5.74) is 18.0. The summed E-state index contributed by atoms with van der Waals surface area (Å²) in [7, 11) is 0. The lowest BCUT2D eigenvalue weighted by molar-refractivity contribution is 0.891. The van der Waals surface area contributed by atoms with Crippen LogP contribution < -0.4 is 0 Å². The van der Waals surface area contributed by atoms with Crippen molar-refractivity contribution in [2.45, 2.75) is 0 Å². The number of aromatic nitrogens is 4. The lowest BCUT2D eigenvalue weighted by Gasteiger charge is -2.16. The minimum absolute atomic E-state index is 0.669. The first-order valence-corrected chi connectivity index (χ1v) is 22.4. The van der Waals surface area contributed by atoms with E-state index in [0.717, 1.165) is 61.7 Å². The van der Waals surface area contributed by atoms with Crippen LogP contribution in [0.3, 0.4) is 0 Å². The summed E-state index contributed by atoms with van der Waals surface area (Å²) in [6.07, 6.45) is 0. The van der Waals surface area contributed by atoms with Gasteiger partial charge in [-0.2, -0.15) is 0 Å². The molecule has 0 atom stereocenters. The van der Waals surface area contributed by atoms with Gasteiger partial charge in [0.15, 0.2) is 11.6 Å². The number of rotatable bonds is 9. The Hall–Kier alpha value is -8.86. The summed E-state index contributed by atoms with van der Waals surface area (Å²) < 4.78 is 4.36. The molecule has 66 heavy (non-hydrogen) atoms. The van der Waals surface area contributed by atoms with Gasteiger partial charge in [0.2, 0.25) is 0 Å². The Morgan fingerprint density at radius 3 is 1.23 bits per heavy atom. The Morgan fingerprint density at radius 2 is 0.682 bits per heavy atom. The Bertz CT molecular complexity index is 3620. The van der Waals surface area contributed by atoms with Crippen LogP contribution in [0.4, 0.5) is 0 Å². The van der Waals surface area contributed by atoms with Crippen LogP contribution in [0.25, 0.3) is 112 Å². The zero-order chi connectivity index (χ0) is 43.8. The molecule has 0 bridgehead atoms. The maximum absolute atomic E-state index is 5.27. The van der Waals surface area contributed by atoms with Crippen LogP contribution in [0.15, 0.2) is 255 Å². The highest BCUT2D eigenvalue weighted by molar-refractivity contribution is 6.09. The Labute approximate surface area is 384 Å². The fraction of sp³-hybridized carbons (Fsp3) is 0. The second-order valence-corrected chi connectivity index (χ2v) is 16.6. The summed E-state index contributed by atoms with van der Waals surface area (Å²) in [6, 6.07) is 90.5. The maximum Gasteiger partial charge on any atom is 0.182 e. The first kappa shape index (κ1) is 38.8. The molecule has 0 amide bonds. The highest BCUT2D eigenvalue weighted by Crippen LogP contribution is 2.40. The van der Waals surface area contributed by atoms with E-state index in [4.69, 9.17) is 10.1 Å². The van der Waals surface area contributed by atoms with Crippen molar-refractivity contribution in [1.29, 1.82) is 0 Å². The van der Waals surface area contributed by atoms with Crippen LogP contribution in [-0.4, -0.2) is 19.3 Å². The highest BCUT2D eigenvalue weighted by atomic mass is 15.4. The Morgan fingerprint density at radius 1 is 0.273 bits per heavy atom. The van der Waals surface area contributed by atoms with Gasteiger partial charge < -0.3 is 4.57 Å². The molecule has 2 heterocycles. The molecule has 0 aliphatic heterocycles. The van der Waals surface area contributed by atoms with Gasteiger partial charge in [-0.05, 0) is 104 Å². The van der Waals surface area contributed by atoms with E-state index < -0.39 is 0 Å². The zero-order valence-electron chi connectivity index (χ0n) is 36.0. The van der Waals surface area contributed by atoms with E-state index in [1.54, 1.807) is 0 Å². The highest BCUT2D eigenvalue weighted by Gasteiger charge is 2.19. The minimum atomic E-state index is 0.669. The second-order valence-electron chi connectivity index (χ2n) is 16.6. The van der Waals surface area contributed by atoms with Crippen LogP contribution in [0.2, 0.25) is 0 Å². The molecule has 4 nitrogen and oxygen atoms in total. The lowest BCUT2D eigenvalue weighted by atomic mass is 9.89. The number of fused-ring (bicyclic) bond motifs is 3. The molecular formula is C62H42N4. The number of hydrogen-bond acceptors (Lipinski definition) is 2. The van der Waals surface area contributed by atoms with E-state index in [2.05, 4.69) is 247 Å². The van der Waals surface area contributed by atoms with Crippen molar-refractivity contribution in [3.8, 4) is 89.8 Å². The number of nitrogens with zero attached hydrogens (tertiary/aromatic N) is 4. The monoisotopic (exact) mass is 842 g/mol. The quantitative estimate of drug-likeness (QED) is 0.145. The van der Waals surface area contributed by atoms with E-state index in [9.17, 15) is 0 Å².